The van der Waals surface area contributed by atoms with Crippen molar-refractivity contribution >= 4 is 34.7 Å². The molecule has 3 aromatic heterocycles. The molecule has 0 aliphatic heterocycles. The summed E-state index contributed by atoms with van der Waals surface area (Å²) < 4.78 is 26.1. The molecular weight excluding hydrogens is 493 g/mol. The van der Waals surface area contributed by atoms with Crippen LogP contribution in [0.1, 0.15) is 23.0 Å². The summed E-state index contributed by atoms with van der Waals surface area (Å²) in [5.41, 5.74) is 9.88. The number of carbonyl (C=O) groups excluding carboxylic acids is 2. The number of nitrogen functional groups attached to an aromatic ring is 1. The molecule has 0 spiro atoms. The molecule has 4 N–H and O–H groups in total. The number of fused-ring (bicyclic) bond motifs is 1. The fraction of sp³-hybridized carbons (Fsp3) is 0.115. The van der Waals surface area contributed by atoms with Gasteiger partial charge < -0.3 is 25.5 Å². The van der Waals surface area contributed by atoms with Gasteiger partial charge in [0.15, 0.2) is 11.5 Å². The third kappa shape index (κ3) is 4.74. The number of nitrogens with one attached hydrogen (secondary N) is 2. The first kappa shape index (κ1) is 24.4. The largest absolute Gasteiger partial charge is 0.461 e. The standard InChI is InChI=1S/C26H22FN7O4/c1-3-37-25(35)20-12-38-24(32-20)17-11-34-22(23(28)29-13-30-34)21(17)15-5-7-16(8-6-15)31-26(36)33-19-10-14(2)4-9-18(19)27/h4-13H,3H2,1-2H3,(H2,28,29,30)(H2,31,33,36). The first-order chi connectivity index (χ1) is 18.3. The lowest BCUT2D eigenvalue weighted by atomic mass is 10.0. The maximum atomic E-state index is 14.0. The average Bonchev–Trinajstić information content (AvgIpc) is 3.53. The number of aryl methyl sites for hydroxylation is 1. The summed E-state index contributed by atoms with van der Waals surface area (Å²) >= 11 is 0. The van der Waals surface area contributed by atoms with E-state index < -0.39 is 17.8 Å². The number of amides is 2. The minimum atomic E-state index is -0.605. The number of oxazole rings is 1. The highest BCUT2D eigenvalue weighted by Crippen LogP contribution is 2.38. The molecule has 0 saturated carbocycles. The molecule has 0 fully saturated rings. The number of rotatable bonds is 6. The summed E-state index contributed by atoms with van der Waals surface area (Å²) in [5, 5.41) is 9.41. The Bertz CT molecular complexity index is 1660. The van der Waals surface area contributed by atoms with Crippen molar-refractivity contribution in [3.05, 3.63) is 78.3 Å². The van der Waals surface area contributed by atoms with E-state index in [0.29, 0.717) is 27.9 Å². The third-order valence-electron chi connectivity index (χ3n) is 5.62. The zero-order valence-corrected chi connectivity index (χ0v) is 20.4. The van der Waals surface area contributed by atoms with Crippen LogP contribution in [0.5, 0.6) is 0 Å². The first-order valence-corrected chi connectivity index (χ1v) is 11.5. The van der Waals surface area contributed by atoms with Gasteiger partial charge in [-0.2, -0.15) is 5.10 Å². The number of aromatic nitrogens is 4. The van der Waals surface area contributed by atoms with Gasteiger partial charge in [0.05, 0.1) is 17.9 Å². The number of halogens is 1. The van der Waals surface area contributed by atoms with Gasteiger partial charge in [0.25, 0.3) is 0 Å². The van der Waals surface area contributed by atoms with Crippen molar-refractivity contribution in [1.82, 2.24) is 19.6 Å². The number of esters is 1. The van der Waals surface area contributed by atoms with E-state index in [-0.39, 0.29) is 29.7 Å². The highest BCUT2D eigenvalue weighted by atomic mass is 19.1. The topological polar surface area (TPSA) is 150 Å². The molecule has 192 valence electrons. The smallest absolute Gasteiger partial charge is 0.360 e. The van der Waals surface area contributed by atoms with Crippen LogP contribution in [0.2, 0.25) is 0 Å². The van der Waals surface area contributed by atoms with E-state index in [2.05, 4.69) is 25.7 Å². The maximum absolute atomic E-state index is 14.0. The van der Waals surface area contributed by atoms with E-state index in [1.54, 1.807) is 56.4 Å². The van der Waals surface area contributed by atoms with Crippen molar-refractivity contribution in [2.45, 2.75) is 13.8 Å². The van der Waals surface area contributed by atoms with Gasteiger partial charge in [-0.15, -0.1) is 0 Å². The Morgan fingerprint density at radius 3 is 2.71 bits per heavy atom. The fourth-order valence-electron chi connectivity index (χ4n) is 3.93. The lowest BCUT2D eigenvalue weighted by molar-refractivity contribution is 0.0519. The Morgan fingerprint density at radius 2 is 1.95 bits per heavy atom. The van der Waals surface area contributed by atoms with Crippen molar-refractivity contribution in [3.8, 4) is 22.6 Å². The number of anilines is 3. The van der Waals surface area contributed by atoms with E-state index in [4.69, 9.17) is 14.9 Å². The number of nitrogens with two attached hydrogens (primary N) is 1. The highest BCUT2D eigenvalue weighted by molar-refractivity contribution is 6.01. The lowest BCUT2D eigenvalue weighted by Crippen LogP contribution is -2.20. The van der Waals surface area contributed by atoms with E-state index in [1.807, 2.05) is 0 Å². The molecule has 5 aromatic rings. The van der Waals surface area contributed by atoms with Gasteiger partial charge in [-0.1, -0.05) is 18.2 Å². The van der Waals surface area contributed by atoms with E-state index in [0.717, 1.165) is 5.56 Å². The maximum Gasteiger partial charge on any atom is 0.360 e. The molecule has 0 saturated heterocycles. The summed E-state index contributed by atoms with van der Waals surface area (Å²) in [7, 11) is 0. The quantitative estimate of drug-likeness (QED) is 0.270. The average molecular weight is 516 g/mol. The van der Waals surface area contributed by atoms with E-state index >= 15 is 0 Å². The van der Waals surface area contributed by atoms with E-state index in [9.17, 15) is 14.0 Å². The van der Waals surface area contributed by atoms with Crippen molar-refractivity contribution in [3.63, 3.8) is 0 Å². The second-order valence-corrected chi connectivity index (χ2v) is 8.25. The molecule has 0 aliphatic rings. The predicted octanol–water partition coefficient (Wildman–Crippen LogP) is 4.90. The van der Waals surface area contributed by atoms with Gasteiger partial charge in [0, 0.05) is 17.4 Å². The monoisotopic (exact) mass is 515 g/mol. The molecule has 11 nitrogen and oxygen atoms in total. The molecule has 0 atom stereocenters. The number of hydrogen-bond acceptors (Lipinski definition) is 8. The Labute approximate surface area is 215 Å². The van der Waals surface area contributed by atoms with Crippen LogP contribution in [0, 0.1) is 12.7 Å². The summed E-state index contributed by atoms with van der Waals surface area (Å²) in [6.45, 7) is 3.70. The van der Waals surface area contributed by atoms with Gasteiger partial charge >= 0.3 is 12.0 Å². The molecular formula is C26H22FN7O4. The Hall–Kier alpha value is -5.26. The second-order valence-electron chi connectivity index (χ2n) is 8.25. The van der Waals surface area contributed by atoms with Gasteiger partial charge in [0.1, 0.15) is 23.9 Å². The van der Waals surface area contributed by atoms with Crippen molar-refractivity contribution < 1.29 is 23.1 Å². The molecule has 0 unspecified atom stereocenters. The molecule has 2 amide bonds. The van der Waals surface area contributed by atoms with Crippen LogP contribution in [0.4, 0.5) is 26.4 Å². The van der Waals surface area contributed by atoms with Crippen molar-refractivity contribution in [1.29, 1.82) is 0 Å². The number of urea groups is 1. The normalized spacial score (nSPS) is 10.9. The zero-order valence-electron chi connectivity index (χ0n) is 20.4. The molecule has 0 aliphatic carbocycles. The number of benzene rings is 2. The van der Waals surface area contributed by atoms with Crippen LogP contribution < -0.4 is 16.4 Å². The number of ether oxygens (including phenoxy) is 1. The molecule has 0 bridgehead atoms. The molecule has 5 rings (SSSR count). The molecule has 0 radical (unpaired) electrons. The van der Waals surface area contributed by atoms with E-state index in [1.165, 1.54) is 23.2 Å². The molecule has 12 heteroatoms. The zero-order chi connectivity index (χ0) is 26.8. The highest BCUT2D eigenvalue weighted by Gasteiger charge is 2.23. The van der Waals surface area contributed by atoms with Crippen LogP contribution in [0.3, 0.4) is 0 Å². The number of carbonyl (C=O) groups is 2. The number of hydrogen-bond donors (Lipinski definition) is 3. The minimum absolute atomic E-state index is 0.0257. The Balaban J connectivity index is 1.46. The SMILES string of the molecule is CCOC(=O)c1coc(-c2cn3ncnc(N)c3c2-c2ccc(NC(=O)Nc3cc(C)ccc3F)cc2)n1. The molecule has 3 heterocycles. The predicted molar refractivity (Wildman–Crippen MR) is 138 cm³/mol. The first-order valence-electron chi connectivity index (χ1n) is 11.5. The van der Waals surface area contributed by atoms with Crippen molar-refractivity contribution in [2.24, 2.45) is 0 Å². The van der Waals surface area contributed by atoms with Gasteiger partial charge in [-0.25, -0.2) is 28.5 Å². The lowest BCUT2D eigenvalue weighted by Gasteiger charge is -2.10. The Kier molecular flexibility index (Phi) is 6.44. The summed E-state index contributed by atoms with van der Waals surface area (Å²) in [4.78, 5) is 32.9. The van der Waals surface area contributed by atoms with Crippen LogP contribution in [0.25, 0.3) is 28.1 Å². The number of nitrogens with zero attached hydrogens (tertiary/aromatic N) is 4. The van der Waals surface area contributed by atoms with Crippen molar-refractivity contribution in [2.75, 3.05) is 23.0 Å². The van der Waals surface area contributed by atoms with Gasteiger partial charge in [-0.3, -0.25) is 0 Å². The third-order valence-corrected chi connectivity index (χ3v) is 5.62. The van der Waals surface area contributed by atoms with Crippen LogP contribution >= 0.6 is 0 Å². The molecule has 2 aromatic carbocycles. The second kappa shape index (κ2) is 10.0. The summed E-state index contributed by atoms with van der Waals surface area (Å²) in [5.74, 6) is -0.757. The van der Waals surface area contributed by atoms with Crippen LogP contribution in [-0.2, 0) is 4.74 Å². The molecule has 38 heavy (non-hydrogen) atoms. The van der Waals surface area contributed by atoms with Crippen LogP contribution in [0.15, 0.2) is 65.7 Å². The van der Waals surface area contributed by atoms with Crippen LogP contribution in [-0.4, -0.2) is 38.2 Å². The summed E-state index contributed by atoms with van der Waals surface area (Å²) in [6, 6.07) is 10.7. The fourth-order valence-corrected chi connectivity index (χ4v) is 3.93. The minimum Gasteiger partial charge on any atom is -0.461 e. The summed E-state index contributed by atoms with van der Waals surface area (Å²) in [6.07, 6.45) is 4.20. The Morgan fingerprint density at radius 1 is 1.16 bits per heavy atom. The van der Waals surface area contributed by atoms with Gasteiger partial charge in [0.2, 0.25) is 5.89 Å². The van der Waals surface area contributed by atoms with Gasteiger partial charge in [-0.05, 0) is 49.2 Å².